The third kappa shape index (κ3) is 5.07. The number of halogens is 1. The first kappa shape index (κ1) is 25.3. The SMILES string of the molecule is COC(=O)Nc1nn(C2(CC#N)CCN(Cc3ccc(-c4csc(C)n4)cc3)CC2F)cc1C(N)=O. The van der Waals surface area contributed by atoms with E-state index in [4.69, 9.17) is 5.73 Å². The number of nitriles is 1. The highest BCUT2D eigenvalue weighted by Crippen LogP contribution is 2.37. The molecule has 1 aliphatic heterocycles. The number of methoxy groups -OCH3 is 1. The third-order valence-electron chi connectivity index (χ3n) is 6.36. The van der Waals surface area contributed by atoms with Crippen LogP contribution in [0.5, 0.6) is 0 Å². The minimum atomic E-state index is -1.46. The number of likely N-dealkylation sites (tertiary alicyclic amines) is 1. The van der Waals surface area contributed by atoms with Gasteiger partial charge in [0.25, 0.3) is 5.91 Å². The van der Waals surface area contributed by atoms with Gasteiger partial charge in [-0.25, -0.2) is 14.2 Å². The zero-order chi connectivity index (χ0) is 25.9. The summed E-state index contributed by atoms with van der Waals surface area (Å²) >= 11 is 1.60. The highest BCUT2D eigenvalue weighted by Gasteiger charge is 2.46. The van der Waals surface area contributed by atoms with Gasteiger partial charge < -0.3 is 10.5 Å². The van der Waals surface area contributed by atoms with Crippen molar-refractivity contribution in [3.8, 4) is 17.3 Å². The molecule has 0 saturated carbocycles. The minimum absolute atomic E-state index is 0.0697. The molecule has 0 spiro atoms. The maximum absolute atomic E-state index is 15.8. The second kappa shape index (κ2) is 10.4. The molecule has 3 aromatic rings. The van der Waals surface area contributed by atoms with Gasteiger partial charge in [0, 0.05) is 36.8 Å². The van der Waals surface area contributed by atoms with Crippen LogP contribution in [0.1, 0.15) is 33.8 Å². The van der Waals surface area contributed by atoms with Gasteiger partial charge in [0.2, 0.25) is 0 Å². The summed E-state index contributed by atoms with van der Waals surface area (Å²) in [5, 5.41) is 19.1. The van der Waals surface area contributed by atoms with Crippen LogP contribution in [0.15, 0.2) is 35.8 Å². The number of anilines is 1. The highest BCUT2D eigenvalue weighted by atomic mass is 32.1. The summed E-state index contributed by atoms with van der Waals surface area (Å²) in [5.74, 6) is -0.986. The smallest absolute Gasteiger partial charge is 0.412 e. The van der Waals surface area contributed by atoms with Gasteiger partial charge in [-0.05, 0) is 18.9 Å². The number of hydrogen-bond donors (Lipinski definition) is 2. The minimum Gasteiger partial charge on any atom is -0.453 e. The van der Waals surface area contributed by atoms with Crippen LogP contribution >= 0.6 is 11.3 Å². The maximum atomic E-state index is 15.8. The number of aromatic nitrogens is 3. The molecule has 0 bridgehead atoms. The van der Waals surface area contributed by atoms with Gasteiger partial charge in [0.15, 0.2) is 5.82 Å². The number of carbonyl (C=O) groups is 2. The van der Waals surface area contributed by atoms with Crippen molar-refractivity contribution >= 4 is 29.2 Å². The van der Waals surface area contributed by atoms with E-state index in [1.54, 1.807) is 11.3 Å². The number of amides is 2. The molecule has 2 unspecified atom stereocenters. The van der Waals surface area contributed by atoms with Gasteiger partial charge in [-0.2, -0.15) is 10.4 Å². The number of primary amides is 1. The standard InChI is InChI=1S/C24H26FN7O3S/c1-15-28-19(14-36-15)17-5-3-16(4-6-17)11-31-10-8-24(7-9-26,20(25)13-31)32-12-18(21(27)33)22(30-32)29-23(34)35-2/h3-6,12,14,20H,7-8,10-11,13H2,1-2H3,(H2,27,33)(H,29,30,34). The van der Waals surface area contributed by atoms with E-state index in [9.17, 15) is 14.9 Å². The quantitative estimate of drug-likeness (QED) is 0.495. The average Bonchev–Trinajstić information content (AvgIpc) is 3.48. The lowest BCUT2D eigenvalue weighted by atomic mass is 9.83. The molecule has 10 nitrogen and oxygen atoms in total. The second-order valence-corrected chi connectivity index (χ2v) is 9.72. The van der Waals surface area contributed by atoms with Gasteiger partial charge >= 0.3 is 6.09 Å². The monoisotopic (exact) mass is 511 g/mol. The average molecular weight is 512 g/mol. The summed E-state index contributed by atoms with van der Waals surface area (Å²) in [6, 6.07) is 10.1. The van der Waals surface area contributed by atoms with Crippen molar-refractivity contribution in [3.63, 3.8) is 0 Å². The van der Waals surface area contributed by atoms with Crippen molar-refractivity contribution in [1.29, 1.82) is 5.26 Å². The molecule has 3 heterocycles. The summed E-state index contributed by atoms with van der Waals surface area (Å²) in [6.07, 6.45) is -0.919. The van der Waals surface area contributed by atoms with Crippen LogP contribution in [0.25, 0.3) is 11.3 Å². The lowest BCUT2D eigenvalue weighted by molar-refractivity contribution is 0.00694. The Morgan fingerprint density at radius 2 is 2.14 bits per heavy atom. The molecule has 0 aliphatic carbocycles. The van der Waals surface area contributed by atoms with E-state index < -0.39 is 23.7 Å². The Morgan fingerprint density at radius 3 is 2.72 bits per heavy atom. The van der Waals surface area contributed by atoms with Crippen molar-refractivity contribution in [2.45, 2.75) is 38.0 Å². The van der Waals surface area contributed by atoms with Gasteiger partial charge in [-0.3, -0.25) is 19.7 Å². The molecule has 2 aromatic heterocycles. The van der Waals surface area contributed by atoms with E-state index in [1.807, 2.05) is 41.5 Å². The zero-order valence-electron chi connectivity index (χ0n) is 19.9. The lowest BCUT2D eigenvalue weighted by Crippen LogP contribution is -2.54. The molecule has 4 rings (SSSR count). The fourth-order valence-electron chi connectivity index (χ4n) is 4.37. The summed E-state index contributed by atoms with van der Waals surface area (Å²) in [4.78, 5) is 30.1. The number of carbonyl (C=O) groups excluding carboxylic acids is 2. The van der Waals surface area contributed by atoms with E-state index in [0.29, 0.717) is 13.1 Å². The number of piperidine rings is 1. The number of thiazole rings is 1. The summed E-state index contributed by atoms with van der Waals surface area (Å²) in [6.45, 7) is 3.08. The number of benzene rings is 1. The number of rotatable bonds is 7. The van der Waals surface area contributed by atoms with Crippen LogP contribution in [0.4, 0.5) is 15.0 Å². The number of nitrogens with zero attached hydrogens (tertiary/aromatic N) is 5. The van der Waals surface area contributed by atoms with Gasteiger partial charge in [-0.15, -0.1) is 11.3 Å². The Labute approximate surface area is 211 Å². The molecule has 2 amide bonds. The predicted molar refractivity (Wildman–Crippen MR) is 132 cm³/mol. The Morgan fingerprint density at radius 1 is 1.39 bits per heavy atom. The Hall–Kier alpha value is -3.82. The predicted octanol–water partition coefficient (Wildman–Crippen LogP) is 3.45. The van der Waals surface area contributed by atoms with E-state index in [-0.39, 0.29) is 30.8 Å². The summed E-state index contributed by atoms with van der Waals surface area (Å²) in [7, 11) is 1.16. The van der Waals surface area contributed by atoms with Crippen molar-refractivity contribution in [2.24, 2.45) is 5.73 Å². The van der Waals surface area contributed by atoms with Crippen LogP contribution in [0, 0.1) is 18.3 Å². The fraction of sp³-hybridized carbons (Fsp3) is 0.375. The van der Waals surface area contributed by atoms with Crippen LogP contribution in [0.2, 0.25) is 0 Å². The Bertz CT molecular complexity index is 1300. The van der Waals surface area contributed by atoms with E-state index >= 15 is 4.39 Å². The van der Waals surface area contributed by atoms with Gasteiger partial charge in [0.05, 0.1) is 30.3 Å². The highest BCUT2D eigenvalue weighted by molar-refractivity contribution is 7.09. The number of aryl methyl sites for hydroxylation is 1. The van der Waals surface area contributed by atoms with E-state index in [0.717, 1.165) is 28.9 Å². The van der Waals surface area contributed by atoms with Crippen molar-refractivity contribution in [1.82, 2.24) is 19.7 Å². The van der Waals surface area contributed by atoms with Crippen LogP contribution < -0.4 is 11.1 Å². The first-order valence-corrected chi connectivity index (χ1v) is 12.1. The maximum Gasteiger partial charge on any atom is 0.412 e. The van der Waals surface area contributed by atoms with Gasteiger partial charge in [0.1, 0.15) is 17.3 Å². The topological polar surface area (TPSA) is 139 Å². The molecule has 1 fully saturated rings. The van der Waals surface area contributed by atoms with E-state index in [2.05, 4.69) is 26.2 Å². The van der Waals surface area contributed by atoms with Gasteiger partial charge in [-0.1, -0.05) is 24.3 Å². The number of nitrogens with one attached hydrogen (secondary N) is 1. The first-order valence-electron chi connectivity index (χ1n) is 11.3. The molecular weight excluding hydrogens is 485 g/mol. The molecule has 0 radical (unpaired) electrons. The van der Waals surface area contributed by atoms with Crippen LogP contribution in [0.3, 0.4) is 0 Å². The van der Waals surface area contributed by atoms with Crippen molar-refractivity contribution in [3.05, 3.63) is 52.0 Å². The van der Waals surface area contributed by atoms with Crippen LogP contribution in [-0.2, 0) is 16.8 Å². The molecule has 1 aliphatic rings. The fourth-order valence-corrected chi connectivity index (χ4v) is 4.99. The number of hydrogen-bond acceptors (Lipinski definition) is 8. The first-order chi connectivity index (χ1) is 17.3. The largest absolute Gasteiger partial charge is 0.453 e. The normalized spacial score (nSPS) is 20.0. The molecule has 1 aromatic carbocycles. The van der Waals surface area contributed by atoms with Crippen molar-refractivity contribution < 1.29 is 18.7 Å². The summed E-state index contributed by atoms with van der Waals surface area (Å²) in [5.41, 5.74) is 7.02. The summed E-state index contributed by atoms with van der Waals surface area (Å²) < 4.78 is 21.6. The lowest BCUT2D eigenvalue weighted by Gasteiger charge is -2.43. The molecule has 2 atom stereocenters. The van der Waals surface area contributed by atoms with E-state index in [1.165, 1.54) is 10.9 Å². The number of nitrogens with two attached hydrogens (primary N) is 1. The molecule has 36 heavy (non-hydrogen) atoms. The Balaban J connectivity index is 1.51. The molecular formula is C24H26FN7O3S. The Kier molecular flexibility index (Phi) is 7.32. The third-order valence-corrected chi connectivity index (χ3v) is 7.14. The van der Waals surface area contributed by atoms with Crippen molar-refractivity contribution in [2.75, 3.05) is 25.5 Å². The molecule has 3 N–H and O–H groups in total. The van der Waals surface area contributed by atoms with Crippen LogP contribution in [-0.4, -0.2) is 58.0 Å². The number of ether oxygens (including phenoxy) is 1. The second-order valence-electron chi connectivity index (χ2n) is 8.66. The zero-order valence-corrected chi connectivity index (χ0v) is 20.7. The molecule has 1 saturated heterocycles. The molecule has 188 valence electrons. The molecule has 12 heteroatoms. The number of alkyl halides is 1.